The van der Waals surface area contributed by atoms with Gasteiger partial charge in [0.1, 0.15) is 0 Å². The number of hydrogen-bond donors (Lipinski definition) is 0. The van der Waals surface area contributed by atoms with Crippen LogP contribution in [-0.4, -0.2) is 45.7 Å². The fraction of sp³-hybridized carbons (Fsp3) is 0.375. The second-order valence-corrected chi connectivity index (χ2v) is 6.79. The van der Waals surface area contributed by atoms with Gasteiger partial charge in [0.15, 0.2) is 9.84 Å². The second kappa shape index (κ2) is 7.54. The summed E-state index contributed by atoms with van der Waals surface area (Å²) < 4.78 is 29.4. The van der Waals surface area contributed by atoms with E-state index in [2.05, 4.69) is 11.8 Å². The summed E-state index contributed by atoms with van der Waals surface area (Å²) in [6, 6.07) is 8.71. The van der Waals surface area contributed by atoms with Crippen molar-refractivity contribution in [3.05, 3.63) is 54.0 Å². The van der Waals surface area contributed by atoms with E-state index in [0.717, 1.165) is 26.3 Å². The van der Waals surface area contributed by atoms with Gasteiger partial charge in [0, 0.05) is 24.5 Å². The quantitative estimate of drug-likeness (QED) is 0.783. The van der Waals surface area contributed by atoms with Crippen LogP contribution >= 0.6 is 0 Å². The number of ether oxygens (including phenoxy) is 1. The van der Waals surface area contributed by atoms with Crippen LogP contribution in [0.5, 0.6) is 0 Å². The van der Waals surface area contributed by atoms with Crippen LogP contribution in [0.25, 0.3) is 0 Å². The average Bonchev–Trinajstić information content (AvgIpc) is 2.53. The van der Waals surface area contributed by atoms with Gasteiger partial charge in [-0.3, -0.25) is 4.90 Å². The Bertz CT molecular complexity index is 587. The number of sulfone groups is 1. The van der Waals surface area contributed by atoms with Gasteiger partial charge in [0.2, 0.25) is 0 Å². The monoisotopic (exact) mass is 307 g/mol. The number of morpholine rings is 1. The predicted molar refractivity (Wildman–Crippen MR) is 83.8 cm³/mol. The minimum Gasteiger partial charge on any atom is -0.379 e. The predicted octanol–water partition coefficient (Wildman–Crippen LogP) is 2.25. The molecule has 1 aromatic rings. The summed E-state index contributed by atoms with van der Waals surface area (Å²) in [6.07, 6.45) is 5.38. The molecule has 1 aliphatic rings. The largest absolute Gasteiger partial charge is 0.379 e. The fourth-order valence-corrected chi connectivity index (χ4v) is 3.16. The van der Waals surface area contributed by atoms with Crippen LogP contribution in [0.15, 0.2) is 58.9 Å². The highest BCUT2D eigenvalue weighted by atomic mass is 32.2. The third kappa shape index (κ3) is 4.81. The molecule has 1 heterocycles. The summed E-state index contributed by atoms with van der Waals surface area (Å²) in [5.41, 5.74) is 0. The van der Waals surface area contributed by atoms with E-state index in [9.17, 15) is 8.42 Å². The molecule has 2 rings (SSSR count). The van der Waals surface area contributed by atoms with Gasteiger partial charge in [-0.25, -0.2) is 8.42 Å². The lowest BCUT2D eigenvalue weighted by Crippen LogP contribution is -2.41. The van der Waals surface area contributed by atoms with Crippen LogP contribution < -0.4 is 0 Å². The van der Waals surface area contributed by atoms with Crippen LogP contribution in [-0.2, 0) is 14.6 Å². The van der Waals surface area contributed by atoms with E-state index < -0.39 is 9.84 Å². The molecule has 0 aromatic heterocycles. The smallest absolute Gasteiger partial charge is 0.199 e. The first-order valence-electron chi connectivity index (χ1n) is 7.06. The number of hydrogen-bond acceptors (Lipinski definition) is 4. The summed E-state index contributed by atoms with van der Waals surface area (Å²) >= 11 is 0. The molecule has 0 spiro atoms. The molecule has 0 saturated carbocycles. The maximum atomic E-state index is 12.0. The summed E-state index contributed by atoms with van der Waals surface area (Å²) in [4.78, 5) is 2.62. The molecule has 0 unspecified atom stereocenters. The number of nitrogens with zero attached hydrogens (tertiary/aromatic N) is 1. The van der Waals surface area contributed by atoms with Crippen LogP contribution in [0.3, 0.4) is 0 Å². The molecule has 1 fully saturated rings. The van der Waals surface area contributed by atoms with E-state index in [4.69, 9.17) is 4.74 Å². The molecule has 0 N–H and O–H groups in total. The molecular weight excluding hydrogens is 286 g/mol. The van der Waals surface area contributed by atoms with Gasteiger partial charge in [-0.2, -0.15) is 0 Å². The molecule has 0 amide bonds. The van der Waals surface area contributed by atoms with Gasteiger partial charge in [0.05, 0.1) is 18.1 Å². The third-order valence-electron chi connectivity index (χ3n) is 3.45. The highest BCUT2D eigenvalue weighted by molar-refractivity contribution is 7.94. The Morgan fingerprint density at radius 3 is 2.48 bits per heavy atom. The summed E-state index contributed by atoms with van der Waals surface area (Å²) in [7, 11) is -3.35. The maximum Gasteiger partial charge on any atom is 0.199 e. The van der Waals surface area contributed by atoms with Crippen molar-refractivity contribution in [2.24, 2.45) is 0 Å². The first-order chi connectivity index (χ1) is 10.1. The molecule has 1 saturated heterocycles. The highest BCUT2D eigenvalue weighted by Gasteiger charge is 2.14. The molecule has 0 bridgehead atoms. The lowest BCUT2D eigenvalue weighted by Gasteiger charge is -2.30. The van der Waals surface area contributed by atoms with Crippen molar-refractivity contribution in [2.45, 2.75) is 17.9 Å². The second-order valence-electron chi connectivity index (χ2n) is 4.96. The molecule has 114 valence electrons. The van der Waals surface area contributed by atoms with Gasteiger partial charge in [-0.05, 0) is 19.1 Å². The Kier molecular flexibility index (Phi) is 5.73. The number of allylic oxidation sites excluding steroid dienone is 2. The van der Waals surface area contributed by atoms with Gasteiger partial charge >= 0.3 is 0 Å². The lowest BCUT2D eigenvalue weighted by molar-refractivity contribution is 0.0287. The average molecular weight is 307 g/mol. The van der Waals surface area contributed by atoms with Crippen molar-refractivity contribution in [1.82, 2.24) is 4.90 Å². The van der Waals surface area contributed by atoms with Gasteiger partial charge in [-0.15, -0.1) is 0 Å². The van der Waals surface area contributed by atoms with E-state index in [1.54, 1.807) is 42.5 Å². The van der Waals surface area contributed by atoms with Crippen molar-refractivity contribution >= 4 is 9.84 Å². The molecule has 1 aliphatic heterocycles. The van der Waals surface area contributed by atoms with E-state index in [1.165, 1.54) is 5.41 Å². The Hall–Kier alpha value is -1.43. The molecule has 4 nitrogen and oxygen atoms in total. The third-order valence-corrected chi connectivity index (χ3v) is 4.90. The van der Waals surface area contributed by atoms with Crippen LogP contribution in [0.4, 0.5) is 0 Å². The summed E-state index contributed by atoms with van der Waals surface area (Å²) in [5, 5.41) is 1.24. The first kappa shape index (κ1) is 15.9. The zero-order valence-electron chi connectivity index (χ0n) is 12.2. The fourth-order valence-electron chi connectivity index (χ4n) is 2.17. The zero-order chi connectivity index (χ0) is 15.1. The molecule has 0 radical (unpaired) electrons. The number of rotatable bonds is 5. The van der Waals surface area contributed by atoms with E-state index in [-0.39, 0.29) is 6.04 Å². The molecule has 21 heavy (non-hydrogen) atoms. The van der Waals surface area contributed by atoms with Crippen molar-refractivity contribution < 1.29 is 13.2 Å². The Balaban J connectivity index is 1.93. The maximum absolute atomic E-state index is 12.0. The molecule has 1 aromatic carbocycles. The normalized spacial score (nSPS) is 19.3. The summed E-state index contributed by atoms with van der Waals surface area (Å²) in [6.45, 7) is 5.45. The van der Waals surface area contributed by atoms with Gasteiger partial charge in [0.25, 0.3) is 0 Å². The van der Waals surface area contributed by atoms with E-state index in [1.807, 2.05) is 6.08 Å². The van der Waals surface area contributed by atoms with Gasteiger partial charge in [-0.1, -0.05) is 36.4 Å². The van der Waals surface area contributed by atoms with Crippen LogP contribution in [0.2, 0.25) is 0 Å². The lowest BCUT2D eigenvalue weighted by atomic mass is 10.2. The standard InChI is InChI=1S/C16H21NO3S/c1-15(17-10-12-20-13-11-17)7-5-6-14-21(18,19)16-8-3-2-4-9-16/h2-9,14-15H,10-13H2,1H3/b7-5-,14-6+/t15-/m1/s1. The molecule has 5 heteroatoms. The van der Waals surface area contributed by atoms with Crippen molar-refractivity contribution in [3.8, 4) is 0 Å². The van der Waals surface area contributed by atoms with Crippen molar-refractivity contribution in [3.63, 3.8) is 0 Å². The topological polar surface area (TPSA) is 46.6 Å². The Morgan fingerprint density at radius 2 is 1.81 bits per heavy atom. The SMILES string of the molecule is C[C@H](/C=C\C=C\S(=O)(=O)c1ccccc1)N1CCOCC1. The van der Waals surface area contributed by atoms with E-state index >= 15 is 0 Å². The van der Waals surface area contributed by atoms with Crippen LogP contribution in [0.1, 0.15) is 6.92 Å². The Morgan fingerprint density at radius 1 is 1.14 bits per heavy atom. The number of benzene rings is 1. The zero-order valence-corrected chi connectivity index (χ0v) is 13.0. The molecular formula is C16H21NO3S. The summed E-state index contributed by atoms with van der Waals surface area (Å²) in [5.74, 6) is 0. The van der Waals surface area contributed by atoms with Crippen molar-refractivity contribution in [2.75, 3.05) is 26.3 Å². The Labute approximate surface area is 126 Å². The molecule has 1 atom stereocenters. The highest BCUT2D eigenvalue weighted by Crippen LogP contribution is 2.11. The molecule has 0 aliphatic carbocycles. The van der Waals surface area contributed by atoms with Crippen molar-refractivity contribution in [1.29, 1.82) is 0 Å². The first-order valence-corrected chi connectivity index (χ1v) is 8.61. The van der Waals surface area contributed by atoms with E-state index in [0.29, 0.717) is 4.90 Å². The minimum absolute atomic E-state index is 0.276. The van der Waals surface area contributed by atoms with Gasteiger partial charge < -0.3 is 4.74 Å². The van der Waals surface area contributed by atoms with Crippen LogP contribution in [0, 0.1) is 0 Å². The minimum atomic E-state index is -3.35.